The highest BCUT2D eigenvalue weighted by molar-refractivity contribution is 6.43. The lowest BCUT2D eigenvalue weighted by atomic mass is 10.1. The molecular formula is C15H11Cl3FN5. The number of anilines is 1. The van der Waals surface area contributed by atoms with Gasteiger partial charge in [0.25, 0.3) is 0 Å². The van der Waals surface area contributed by atoms with Crippen molar-refractivity contribution in [2.75, 3.05) is 5.32 Å². The Morgan fingerprint density at radius 2 is 1.92 bits per heavy atom. The molecule has 0 saturated heterocycles. The molecule has 0 aliphatic rings. The Balaban J connectivity index is 1.90. The van der Waals surface area contributed by atoms with Crippen molar-refractivity contribution >= 4 is 40.8 Å². The van der Waals surface area contributed by atoms with E-state index in [1.807, 2.05) is 0 Å². The largest absolute Gasteiger partial charge is 0.349 e. The van der Waals surface area contributed by atoms with Gasteiger partial charge in [-0.1, -0.05) is 52.0 Å². The summed E-state index contributed by atoms with van der Waals surface area (Å²) >= 11 is 18.3. The molecule has 0 bridgehead atoms. The summed E-state index contributed by atoms with van der Waals surface area (Å²) in [6.45, 7) is 1.79. The van der Waals surface area contributed by atoms with E-state index in [0.717, 1.165) is 0 Å². The molecule has 0 aliphatic heterocycles. The average molecular weight is 387 g/mol. The Labute approximate surface area is 152 Å². The summed E-state index contributed by atoms with van der Waals surface area (Å²) in [6.07, 6.45) is 0. The van der Waals surface area contributed by atoms with Crippen molar-refractivity contribution in [3.8, 4) is 5.69 Å². The molecule has 2 aromatic carbocycles. The number of hydrogen-bond acceptors (Lipinski definition) is 4. The molecule has 24 heavy (non-hydrogen) atoms. The fourth-order valence-electron chi connectivity index (χ4n) is 2.16. The molecule has 0 fully saturated rings. The minimum atomic E-state index is -0.366. The second kappa shape index (κ2) is 6.93. The van der Waals surface area contributed by atoms with Crippen LogP contribution in [-0.4, -0.2) is 20.2 Å². The highest BCUT2D eigenvalue weighted by Gasteiger charge is 2.15. The maximum atomic E-state index is 14.2. The zero-order chi connectivity index (χ0) is 17.3. The van der Waals surface area contributed by atoms with Gasteiger partial charge in [-0.25, -0.2) is 4.39 Å². The summed E-state index contributed by atoms with van der Waals surface area (Å²) in [5.41, 5.74) is 1.35. The Hall–Kier alpha value is -1.89. The van der Waals surface area contributed by atoms with E-state index in [-0.39, 0.29) is 18.3 Å². The number of aryl methyl sites for hydroxylation is 1. The van der Waals surface area contributed by atoms with Crippen LogP contribution in [0.5, 0.6) is 0 Å². The van der Waals surface area contributed by atoms with Crippen LogP contribution in [0.4, 0.5) is 10.3 Å². The third-order valence-corrected chi connectivity index (χ3v) is 4.59. The molecule has 0 saturated carbocycles. The maximum Gasteiger partial charge on any atom is 0.248 e. The molecule has 3 rings (SSSR count). The molecule has 0 aliphatic carbocycles. The van der Waals surface area contributed by atoms with Crippen LogP contribution in [0.25, 0.3) is 5.69 Å². The number of rotatable bonds is 4. The van der Waals surface area contributed by atoms with E-state index >= 15 is 0 Å². The van der Waals surface area contributed by atoms with Crippen molar-refractivity contribution < 1.29 is 4.39 Å². The second-order valence-corrected chi connectivity index (χ2v) is 6.19. The highest BCUT2D eigenvalue weighted by Crippen LogP contribution is 2.29. The number of nitrogens with zero attached hydrogens (tertiary/aromatic N) is 4. The fraction of sp³-hybridized carbons (Fsp3) is 0.133. The molecule has 1 heterocycles. The van der Waals surface area contributed by atoms with E-state index in [9.17, 15) is 4.39 Å². The van der Waals surface area contributed by atoms with Gasteiger partial charge in [0.15, 0.2) is 0 Å². The highest BCUT2D eigenvalue weighted by atomic mass is 35.5. The van der Waals surface area contributed by atoms with Crippen molar-refractivity contribution in [2.45, 2.75) is 13.5 Å². The van der Waals surface area contributed by atoms with Gasteiger partial charge in [-0.2, -0.15) is 4.68 Å². The molecule has 1 N–H and O–H groups in total. The van der Waals surface area contributed by atoms with E-state index in [4.69, 9.17) is 34.8 Å². The quantitative estimate of drug-likeness (QED) is 0.707. The first-order chi connectivity index (χ1) is 11.5. The SMILES string of the molecule is Cc1ccc(Cl)c(CNc2nnnn2-c2cccc(Cl)c2Cl)c1F. The zero-order valence-electron chi connectivity index (χ0n) is 12.4. The van der Waals surface area contributed by atoms with E-state index in [1.165, 1.54) is 4.68 Å². The summed E-state index contributed by atoms with van der Waals surface area (Å²) in [4.78, 5) is 0. The first-order valence-corrected chi connectivity index (χ1v) is 8.02. The predicted octanol–water partition coefficient (Wildman–Crippen LogP) is 4.68. The minimum absolute atomic E-state index is 0.116. The standard InChI is InChI=1S/C15H11Cl3FN5/c1-8-5-6-10(16)9(14(8)19)7-20-15-21-22-23-24(15)12-4-2-3-11(17)13(12)18/h2-6H,7H2,1H3,(H,20,21,23). The van der Waals surface area contributed by atoms with Crippen molar-refractivity contribution in [2.24, 2.45) is 0 Å². The van der Waals surface area contributed by atoms with Crippen molar-refractivity contribution in [1.82, 2.24) is 20.2 Å². The van der Waals surface area contributed by atoms with E-state index in [0.29, 0.717) is 31.9 Å². The second-order valence-electron chi connectivity index (χ2n) is 5.00. The van der Waals surface area contributed by atoms with E-state index in [2.05, 4.69) is 20.8 Å². The number of aromatic nitrogens is 4. The molecule has 0 atom stereocenters. The van der Waals surface area contributed by atoms with Gasteiger partial charge in [0.05, 0.1) is 15.7 Å². The van der Waals surface area contributed by atoms with Crippen LogP contribution in [0.1, 0.15) is 11.1 Å². The molecule has 0 unspecified atom stereocenters. The number of hydrogen-bond donors (Lipinski definition) is 1. The number of benzene rings is 2. The van der Waals surface area contributed by atoms with Crippen LogP contribution < -0.4 is 5.32 Å². The summed E-state index contributed by atoms with van der Waals surface area (Å²) in [6, 6.07) is 8.37. The smallest absolute Gasteiger partial charge is 0.248 e. The maximum absolute atomic E-state index is 14.2. The minimum Gasteiger partial charge on any atom is -0.349 e. The van der Waals surface area contributed by atoms with Crippen molar-refractivity contribution in [3.63, 3.8) is 0 Å². The summed E-state index contributed by atoms with van der Waals surface area (Å²) in [5.74, 6) is -0.0778. The predicted molar refractivity (Wildman–Crippen MR) is 92.6 cm³/mol. The van der Waals surface area contributed by atoms with Gasteiger partial charge in [0, 0.05) is 17.1 Å². The van der Waals surface area contributed by atoms with Gasteiger partial charge in [0.2, 0.25) is 5.95 Å². The molecule has 0 radical (unpaired) electrons. The molecule has 0 spiro atoms. The van der Waals surface area contributed by atoms with E-state index < -0.39 is 0 Å². The summed E-state index contributed by atoms with van der Waals surface area (Å²) in [7, 11) is 0. The lowest BCUT2D eigenvalue weighted by Crippen LogP contribution is -2.10. The lowest BCUT2D eigenvalue weighted by molar-refractivity contribution is 0.603. The Kier molecular flexibility index (Phi) is 4.89. The molecule has 1 aromatic heterocycles. The van der Waals surface area contributed by atoms with Crippen molar-refractivity contribution in [3.05, 3.63) is 62.3 Å². The average Bonchev–Trinajstić information content (AvgIpc) is 3.02. The van der Waals surface area contributed by atoms with Gasteiger partial charge in [-0.15, -0.1) is 0 Å². The summed E-state index contributed by atoms with van der Waals surface area (Å²) in [5, 5.41) is 15.4. The molecule has 0 amide bonds. The van der Waals surface area contributed by atoms with Gasteiger partial charge in [-0.3, -0.25) is 0 Å². The molecule has 3 aromatic rings. The number of tetrazole rings is 1. The van der Waals surface area contributed by atoms with E-state index in [1.54, 1.807) is 37.3 Å². The van der Waals surface area contributed by atoms with Crippen LogP contribution >= 0.6 is 34.8 Å². The van der Waals surface area contributed by atoms with Crippen LogP contribution in [0.3, 0.4) is 0 Å². The van der Waals surface area contributed by atoms with Crippen molar-refractivity contribution in [1.29, 1.82) is 0 Å². The Morgan fingerprint density at radius 1 is 1.12 bits per heavy atom. The lowest BCUT2D eigenvalue weighted by Gasteiger charge is -2.11. The normalized spacial score (nSPS) is 10.9. The third kappa shape index (κ3) is 3.17. The first kappa shape index (κ1) is 17.0. The summed E-state index contributed by atoms with van der Waals surface area (Å²) < 4.78 is 15.6. The molecule has 5 nitrogen and oxygen atoms in total. The topological polar surface area (TPSA) is 55.6 Å². The molecule has 9 heteroatoms. The van der Waals surface area contributed by atoms with Crippen LogP contribution in [-0.2, 0) is 6.54 Å². The Morgan fingerprint density at radius 3 is 2.71 bits per heavy atom. The van der Waals surface area contributed by atoms with Crippen LogP contribution in [0, 0.1) is 12.7 Å². The molecule has 124 valence electrons. The van der Waals surface area contributed by atoms with Crippen LogP contribution in [0.2, 0.25) is 15.1 Å². The molecular weight excluding hydrogens is 376 g/mol. The first-order valence-electron chi connectivity index (χ1n) is 6.89. The zero-order valence-corrected chi connectivity index (χ0v) is 14.7. The third-order valence-electron chi connectivity index (χ3n) is 3.43. The van der Waals surface area contributed by atoms with Gasteiger partial charge in [-0.05, 0) is 41.1 Å². The van der Waals surface area contributed by atoms with Crippen LogP contribution in [0.15, 0.2) is 30.3 Å². The van der Waals surface area contributed by atoms with Gasteiger partial charge >= 0.3 is 0 Å². The van der Waals surface area contributed by atoms with Gasteiger partial charge < -0.3 is 5.32 Å². The Bertz CT molecular complexity index is 897. The number of nitrogens with one attached hydrogen (secondary N) is 1. The number of halogens is 4. The monoisotopic (exact) mass is 385 g/mol. The van der Waals surface area contributed by atoms with Gasteiger partial charge in [0.1, 0.15) is 5.82 Å². The fourth-order valence-corrected chi connectivity index (χ4v) is 2.75.